The molecule has 0 unspecified atom stereocenters. The maximum absolute atomic E-state index is 13.3. The summed E-state index contributed by atoms with van der Waals surface area (Å²) in [6, 6.07) is 11.8. The Morgan fingerprint density at radius 1 is 0.837 bits per heavy atom. The molecule has 7 nitrogen and oxygen atoms in total. The van der Waals surface area contributed by atoms with Gasteiger partial charge in [-0.1, -0.05) is 35.6 Å². The van der Waals surface area contributed by atoms with Crippen LogP contribution in [0.5, 0.6) is 0 Å². The number of likely N-dealkylation sites (tertiary alicyclic amines) is 1. The van der Waals surface area contributed by atoms with Gasteiger partial charge in [-0.3, -0.25) is 14.6 Å². The third-order valence-electron chi connectivity index (χ3n) is 9.14. The third kappa shape index (κ3) is 6.53. The van der Waals surface area contributed by atoms with Gasteiger partial charge in [0, 0.05) is 45.1 Å². The van der Waals surface area contributed by atoms with Gasteiger partial charge in [0.15, 0.2) is 0 Å². The van der Waals surface area contributed by atoms with Gasteiger partial charge >= 0.3 is 6.18 Å². The van der Waals surface area contributed by atoms with E-state index in [1.807, 2.05) is 4.90 Å². The van der Waals surface area contributed by atoms with E-state index in [9.17, 15) is 18.0 Å². The molecule has 3 aliphatic heterocycles. The first-order chi connectivity index (χ1) is 20.8. The molecule has 7 rings (SSSR count). The first-order valence-electron chi connectivity index (χ1n) is 15.2. The van der Waals surface area contributed by atoms with Crippen molar-refractivity contribution in [3.63, 3.8) is 0 Å². The van der Waals surface area contributed by atoms with E-state index in [0.29, 0.717) is 56.7 Å². The van der Waals surface area contributed by atoms with Crippen LogP contribution in [0.2, 0.25) is 0 Å². The van der Waals surface area contributed by atoms with Gasteiger partial charge in [0.05, 0.1) is 17.8 Å². The molecule has 0 radical (unpaired) electrons. The first-order valence-corrected chi connectivity index (χ1v) is 16.0. The van der Waals surface area contributed by atoms with Crippen molar-refractivity contribution in [1.82, 2.24) is 24.9 Å². The van der Waals surface area contributed by atoms with Crippen LogP contribution < -0.4 is 0 Å². The second kappa shape index (κ2) is 11.7. The van der Waals surface area contributed by atoms with E-state index in [-0.39, 0.29) is 5.91 Å². The van der Waals surface area contributed by atoms with Gasteiger partial charge < -0.3 is 4.90 Å². The summed E-state index contributed by atoms with van der Waals surface area (Å²) in [5.41, 5.74) is 4.17. The quantitative estimate of drug-likeness (QED) is 0.340. The van der Waals surface area contributed by atoms with Crippen molar-refractivity contribution in [2.24, 2.45) is 4.99 Å². The molecular weight excluding hydrogens is 573 g/mol. The Hall–Kier alpha value is -3.15. The molecule has 0 bridgehead atoms. The lowest BCUT2D eigenvalue weighted by Crippen LogP contribution is -2.50. The van der Waals surface area contributed by atoms with E-state index in [0.717, 1.165) is 66.4 Å². The van der Waals surface area contributed by atoms with E-state index in [1.54, 1.807) is 11.3 Å². The molecule has 3 aromatic rings. The van der Waals surface area contributed by atoms with Crippen LogP contribution in [0, 0.1) is 0 Å². The van der Waals surface area contributed by atoms with Gasteiger partial charge in [-0.15, -0.1) is 10.2 Å². The third-order valence-corrected chi connectivity index (χ3v) is 10.2. The van der Waals surface area contributed by atoms with Crippen LogP contribution in [-0.4, -0.2) is 75.8 Å². The number of alkyl halides is 3. The maximum Gasteiger partial charge on any atom is 0.416 e. The minimum absolute atomic E-state index is 0.0123. The minimum Gasteiger partial charge on any atom is -0.335 e. The summed E-state index contributed by atoms with van der Waals surface area (Å²) in [7, 11) is 0. The molecule has 1 amide bonds. The standard InChI is InChI=1S/C32H35F3N6OS/c33-32(34,35)26-6-1-21(2-7-26)19-40-13-15-41(16-14-40)31(42)28-18-25-17-24(5-8-27(25)36-28)22-9-11-39(12-10-22)20-29-37-38-30(43-29)23-3-4-23/h1-2,5-8,17,22-23H,3-4,9-16,18-20H2. The zero-order valence-corrected chi connectivity index (χ0v) is 24.8. The maximum atomic E-state index is 13.3. The van der Waals surface area contributed by atoms with Crippen molar-refractivity contribution in [3.05, 3.63) is 74.7 Å². The average molecular weight is 609 g/mol. The number of amides is 1. The molecule has 2 saturated heterocycles. The highest BCUT2D eigenvalue weighted by molar-refractivity contribution is 7.11. The fourth-order valence-electron chi connectivity index (χ4n) is 6.39. The summed E-state index contributed by atoms with van der Waals surface area (Å²) in [5, 5.41) is 11.2. The lowest BCUT2D eigenvalue weighted by Gasteiger charge is -2.34. The average Bonchev–Trinajstić information content (AvgIpc) is 3.60. The molecule has 0 atom stereocenters. The summed E-state index contributed by atoms with van der Waals surface area (Å²) in [5.74, 6) is 1.16. The molecule has 0 N–H and O–H groups in total. The van der Waals surface area contributed by atoms with E-state index in [2.05, 4.69) is 38.2 Å². The fourth-order valence-corrected chi connectivity index (χ4v) is 7.44. The molecule has 0 spiro atoms. The molecule has 226 valence electrons. The fraction of sp³-hybridized carbons (Fsp3) is 0.500. The van der Waals surface area contributed by atoms with Crippen LogP contribution in [0.3, 0.4) is 0 Å². The molecule has 1 aliphatic carbocycles. The van der Waals surface area contributed by atoms with Crippen molar-refractivity contribution in [3.8, 4) is 0 Å². The van der Waals surface area contributed by atoms with Crippen molar-refractivity contribution in [2.75, 3.05) is 39.3 Å². The summed E-state index contributed by atoms with van der Waals surface area (Å²) >= 11 is 1.78. The SMILES string of the molecule is O=C(C1=Nc2ccc(C3CCN(Cc4nnc(C5CC5)s4)CC3)cc2C1)N1CCN(Cc2ccc(C(F)(F)F)cc2)CC1. The molecule has 1 saturated carbocycles. The molecule has 43 heavy (non-hydrogen) atoms. The van der Waals surface area contributed by atoms with Crippen molar-refractivity contribution < 1.29 is 18.0 Å². The van der Waals surface area contributed by atoms with Gasteiger partial charge in [0.25, 0.3) is 5.91 Å². The van der Waals surface area contributed by atoms with Gasteiger partial charge in [-0.2, -0.15) is 13.2 Å². The first kappa shape index (κ1) is 28.6. The summed E-state index contributed by atoms with van der Waals surface area (Å²) in [4.78, 5) is 24.6. The minimum atomic E-state index is -4.33. The number of halogens is 3. The zero-order chi connectivity index (χ0) is 29.6. The summed E-state index contributed by atoms with van der Waals surface area (Å²) in [6.45, 7) is 6.07. The van der Waals surface area contributed by atoms with Crippen LogP contribution in [-0.2, 0) is 30.5 Å². The Morgan fingerprint density at radius 3 is 2.26 bits per heavy atom. The highest BCUT2D eigenvalue weighted by atomic mass is 32.1. The number of benzene rings is 2. The zero-order valence-electron chi connectivity index (χ0n) is 24.0. The summed E-state index contributed by atoms with van der Waals surface area (Å²) in [6.07, 6.45) is 0.970. The normalized spacial score (nSPS) is 20.3. The number of hydrogen-bond acceptors (Lipinski definition) is 7. The monoisotopic (exact) mass is 608 g/mol. The lowest BCUT2D eigenvalue weighted by atomic mass is 9.88. The number of piperazine rings is 1. The van der Waals surface area contributed by atoms with E-state index in [1.165, 1.54) is 35.5 Å². The Bertz CT molecular complexity index is 1500. The predicted octanol–water partition coefficient (Wildman–Crippen LogP) is 5.79. The Balaban J connectivity index is 0.882. The van der Waals surface area contributed by atoms with E-state index in [4.69, 9.17) is 4.99 Å². The van der Waals surface area contributed by atoms with Crippen LogP contribution >= 0.6 is 11.3 Å². The number of nitrogens with zero attached hydrogens (tertiary/aromatic N) is 6. The number of hydrogen-bond donors (Lipinski definition) is 0. The van der Waals surface area contributed by atoms with Crippen LogP contribution in [0.15, 0.2) is 47.5 Å². The number of aliphatic imine (C=N–C) groups is 1. The molecule has 2 aromatic carbocycles. The Kier molecular flexibility index (Phi) is 7.81. The van der Waals surface area contributed by atoms with Crippen LogP contribution in [0.1, 0.15) is 69.8 Å². The highest BCUT2D eigenvalue weighted by Crippen LogP contribution is 2.41. The van der Waals surface area contributed by atoms with Crippen LogP contribution in [0.25, 0.3) is 0 Å². The van der Waals surface area contributed by atoms with Crippen molar-refractivity contribution >= 4 is 28.6 Å². The highest BCUT2D eigenvalue weighted by Gasteiger charge is 2.32. The number of rotatable bonds is 7. The molecular formula is C32H35F3N6OS. The van der Waals surface area contributed by atoms with E-state index >= 15 is 0 Å². The molecule has 4 heterocycles. The smallest absolute Gasteiger partial charge is 0.335 e. The topological polar surface area (TPSA) is 64.9 Å². The molecule has 11 heteroatoms. The van der Waals surface area contributed by atoms with Crippen molar-refractivity contribution in [1.29, 1.82) is 0 Å². The number of fused-ring (bicyclic) bond motifs is 1. The van der Waals surface area contributed by atoms with Crippen LogP contribution in [0.4, 0.5) is 18.9 Å². The largest absolute Gasteiger partial charge is 0.416 e. The Morgan fingerprint density at radius 2 is 1.56 bits per heavy atom. The van der Waals surface area contributed by atoms with Gasteiger partial charge in [0.1, 0.15) is 15.7 Å². The number of carbonyl (C=O) groups excluding carboxylic acids is 1. The van der Waals surface area contributed by atoms with Gasteiger partial charge in [0.2, 0.25) is 0 Å². The van der Waals surface area contributed by atoms with Gasteiger partial charge in [-0.25, -0.2) is 4.99 Å². The summed E-state index contributed by atoms with van der Waals surface area (Å²) < 4.78 is 38.5. The second-order valence-electron chi connectivity index (χ2n) is 12.2. The Labute approximate surface area is 253 Å². The molecule has 1 aromatic heterocycles. The van der Waals surface area contributed by atoms with Gasteiger partial charge in [-0.05, 0) is 79.6 Å². The number of carbonyl (C=O) groups is 1. The lowest BCUT2D eigenvalue weighted by molar-refractivity contribution is -0.137. The molecule has 4 aliphatic rings. The van der Waals surface area contributed by atoms with E-state index < -0.39 is 11.7 Å². The number of aromatic nitrogens is 2. The molecule has 3 fully saturated rings. The second-order valence-corrected chi connectivity index (χ2v) is 13.3. The van der Waals surface area contributed by atoms with Crippen molar-refractivity contribution in [2.45, 2.75) is 63.2 Å². The number of piperidine rings is 1. The predicted molar refractivity (Wildman–Crippen MR) is 160 cm³/mol.